The van der Waals surface area contributed by atoms with Gasteiger partial charge in [0.25, 0.3) is 0 Å². The Balaban J connectivity index is 2.36. The zero-order valence-electron chi connectivity index (χ0n) is 12.3. The number of rotatable bonds is 8. The van der Waals surface area contributed by atoms with Gasteiger partial charge >= 0.3 is 0 Å². The summed E-state index contributed by atoms with van der Waals surface area (Å²) in [5, 5.41) is 13.2. The number of thioether (sulfide) groups is 1. The van der Waals surface area contributed by atoms with Crippen LogP contribution in [0.2, 0.25) is 0 Å². The first-order valence-corrected chi connectivity index (χ1v) is 8.03. The summed E-state index contributed by atoms with van der Waals surface area (Å²) in [6, 6.07) is 6.46. The third kappa shape index (κ3) is 5.85. The van der Waals surface area contributed by atoms with Crippen LogP contribution < -0.4 is 10.1 Å². The molecule has 1 aromatic carbocycles. The van der Waals surface area contributed by atoms with E-state index in [2.05, 4.69) is 18.5 Å². The fraction of sp³-hybridized carbons (Fsp3) is 0.600. The predicted molar refractivity (Wildman–Crippen MR) is 83.3 cm³/mol. The molecule has 4 heteroatoms. The van der Waals surface area contributed by atoms with Gasteiger partial charge in [-0.05, 0) is 38.2 Å². The fourth-order valence-corrected chi connectivity index (χ4v) is 2.53. The van der Waals surface area contributed by atoms with E-state index in [1.807, 2.05) is 32.0 Å². The first-order valence-electron chi connectivity index (χ1n) is 6.64. The first-order chi connectivity index (χ1) is 9.04. The number of para-hydroxylation sites is 1. The molecular weight excluding hydrogens is 258 g/mol. The molecule has 0 bridgehead atoms. The van der Waals surface area contributed by atoms with Crippen molar-refractivity contribution in [1.29, 1.82) is 0 Å². The monoisotopic (exact) mass is 283 g/mol. The molecule has 2 N–H and O–H groups in total. The van der Waals surface area contributed by atoms with Crippen molar-refractivity contribution in [3.63, 3.8) is 0 Å². The smallest absolute Gasteiger partial charge is 0.125 e. The number of nitrogens with one attached hydrogen (secondary N) is 1. The van der Waals surface area contributed by atoms with E-state index < -0.39 is 6.10 Å². The van der Waals surface area contributed by atoms with Gasteiger partial charge in [-0.3, -0.25) is 0 Å². The maximum atomic E-state index is 9.92. The topological polar surface area (TPSA) is 41.5 Å². The lowest BCUT2D eigenvalue weighted by Gasteiger charge is -2.18. The van der Waals surface area contributed by atoms with Crippen LogP contribution in [0.1, 0.15) is 18.1 Å². The molecule has 0 aliphatic heterocycles. The average Bonchev–Trinajstić information content (AvgIpc) is 2.36. The van der Waals surface area contributed by atoms with Gasteiger partial charge in [-0.1, -0.05) is 18.2 Å². The molecule has 0 heterocycles. The first kappa shape index (κ1) is 16.3. The molecule has 2 atom stereocenters. The Kier molecular flexibility index (Phi) is 7.28. The highest BCUT2D eigenvalue weighted by molar-refractivity contribution is 7.98. The molecule has 0 radical (unpaired) electrons. The molecule has 0 amide bonds. The zero-order chi connectivity index (χ0) is 14.3. The van der Waals surface area contributed by atoms with Crippen LogP contribution in [0, 0.1) is 13.8 Å². The van der Waals surface area contributed by atoms with Crippen LogP contribution in [0.3, 0.4) is 0 Å². The molecule has 1 aromatic rings. The zero-order valence-corrected chi connectivity index (χ0v) is 13.1. The summed E-state index contributed by atoms with van der Waals surface area (Å²) in [6.45, 7) is 7.05. The molecule has 0 spiro atoms. The molecule has 19 heavy (non-hydrogen) atoms. The van der Waals surface area contributed by atoms with Crippen molar-refractivity contribution in [2.45, 2.75) is 32.9 Å². The van der Waals surface area contributed by atoms with E-state index in [0.717, 1.165) is 22.6 Å². The van der Waals surface area contributed by atoms with Crippen LogP contribution in [0.15, 0.2) is 18.2 Å². The number of ether oxygens (including phenoxy) is 1. The van der Waals surface area contributed by atoms with E-state index in [0.29, 0.717) is 19.2 Å². The number of hydrogen-bond acceptors (Lipinski definition) is 4. The summed E-state index contributed by atoms with van der Waals surface area (Å²) in [4.78, 5) is 0. The second-order valence-corrected chi connectivity index (χ2v) is 5.86. The number of aliphatic hydroxyl groups is 1. The van der Waals surface area contributed by atoms with Gasteiger partial charge in [-0.2, -0.15) is 11.8 Å². The summed E-state index contributed by atoms with van der Waals surface area (Å²) in [6.07, 6.45) is 1.60. The number of benzene rings is 1. The van der Waals surface area contributed by atoms with Gasteiger partial charge in [0.2, 0.25) is 0 Å². The molecule has 0 saturated carbocycles. The van der Waals surface area contributed by atoms with E-state index >= 15 is 0 Å². The van der Waals surface area contributed by atoms with E-state index in [9.17, 15) is 5.11 Å². The lowest BCUT2D eigenvalue weighted by Crippen LogP contribution is -2.37. The highest BCUT2D eigenvalue weighted by atomic mass is 32.2. The lowest BCUT2D eigenvalue weighted by atomic mass is 10.1. The van der Waals surface area contributed by atoms with E-state index in [4.69, 9.17) is 4.74 Å². The van der Waals surface area contributed by atoms with Gasteiger partial charge in [0.05, 0.1) is 0 Å². The van der Waals surface area contributed by atoms with Crippen molar-refractivity contribution in [3.05, 3.63) is 29.3 Å². The molecule has 0 saturated heterocycles. The third-order valence-electron chi connectivity index (χ3n) is 2.95. The van der Waals surface area contributed by atoms with Crippen LogP contribution in [0.5, 0.6) is 5.75 Å². The molecule has 3 nitrogen and oxygen atoms in total. The van der Waals surface area contributed by atoms with Crippen LogP contribution in [-0.2, 0) is 0 Å². The Labute approximate surface area is 120 Å². The molecule has 0 aliphatic carbocycles. The molecule has 0 aliphatic rings. The minimum atomic E-state index is -0.483. The summed E-state index contributed by atoms with van der Waals surface area (Å²) in [5.74, 6) is 1.93. The minimum Gasteiger partial charge on any atom is -0.490 e. The van der Waals surface area contributed by atoms with E-state index in [1.54, 1.807) is 11.8 Å². The van der Waals surface area contributed by atoms with Gasteiger partial charge in [0, 0.05) is 18.3 Å². The van der Waals surface area contributed by atoms with Gasteiger partial charge in [0.1, 0.15) is 18.5 Å². The minimum absolute atomic E-state index is 0.324. The Morgan fingerprint density at radius 3 is 2.53 bits per heavy atom. The van der Waals surface area contributed by atoms with Crippen LogP contribution in [-0.4, -0.2) is 42.4 Å². The molecule has 108 valence electrons. The Hall–Kier alpha value is -0.710. The molecule has 0 fully saturated rings. The van der Waals surface area contributed by atoms with E-state index in [-0.39, 0.29) is 0 Å². The maximum absolute atomic E-state index is 9.92. The lowest BCUT2D eigenvalue weighted by molar-refractivity contribution is 0.104. The fourth-order valence-electron chi connectivity index (χ4n) is 1.91. The van der Waals surface area contributed by atoms with Gasteiger partial charge in [-0.15, -0.1) is 0 Å². The quantitative estimate of drug-likeness (QED) is 0.768. The second kappa shape index (κ2) is 8.46. The van der Waals surface area contributed by atoms with Crippen molar-refractivity contribution in [2.24, 2.45) is 0 Å². The van der Waals surface area contributed by atoms with Crippen molar-refractivity contribution in [1.82, 2.24) is 5.32 Å². The largest absolute Gasteiger partial charge is 0.490 e. The highest BCUT2D eigenvalue weighted by Crippen LogP contribution is 2.22. The van der Waals surface area contributed by atoms with Crippen molar-refractivity contribution in [2.75, 3.05) is 25.2 Å². The van der Waals surface area contributed by atoms with Gasteiger partial charge in [-0.25, -0.2) is 0 Å². The maximum Gasteiger partial charge on any atom is 0.125 e. The van der Waals surface area contributed by atoms with Crippen molar-refractivity contribution < 1.29 is 9.84 Å². The summed E-state index contributed by atoms with van der Waals surface area (Å²) < 4.78 is 5.73. The molecular formula is C15H25NO2S. The Bertz CT molecular complexity index is 364. The normalized spacial score (nSPS) is 14.2. The van der Waals surface area contributed by atoms with Crippen molar-refractivity contribution >= 4 is 11.8 Å². The molecule has 1 rings (SSSR count). The Morgan fingerprint density at radius 2 is 1.95 bits per heavy atom. The van der Waals surface area contributed by atoms with Gasteiger partial charge < -0.3 is 15.2 Å². The highest BCUT2D eigenvalue weighted by Gasteiger charge is 2.09. The van der Waals surface area contributed by atoms with Crippen LogP contribution >= 0.6 is 11.8 Å². The molecule has 2 unspecified atom stereocenters. The average molecular weight is 283 g/mol. The molecule has 0 aromatic heterocycles. The van der Waals surface area contributed by atoms with Crippen molar-refractivity contribution in [3.8, 4) is 5.75 Å². The second-order valence-electron chi connectivity index (χ2n) is 4.95. The number of aryl methyl sites for hydroxylation is 2. The number of aliphatic hydroxyl groups excluding tert-OH is 1. The summed E-state index contributed by atoms with van der Waals surface area (Å²) in [7, 11) is 0. The third-order valence-corrected chi connectivity index (χ3v) is 3.78. The van der Waals surface area contributed by atoms with Gasteiger partial charge in [0.15, 0.2) is 0 Å². The summed E-state index contributed by atoms with van der Waals surface area (Å²) in [5.41, 5.74) is 2.21. The standard InChI is InChI=1S/C15H25NO2S/c1-11-6-5-7-12(2)15(11)18-9-14(17)8-16-13(3)10-19-4/h5-7,13-14,16-17H,8-10H2,1-4H3. The number of hydrogen-bond donors (Lipinski definition) is 2. The van der Waals surface area contributed by atoms with E-state index in [1.165, 1.54) is 0 Å². The van der Waals surface area contributed by atoms with Crippen LogP contribution in [0.25, 0.3) is 0 Å². The SMILES string of the molecule is CSCC(C)NCC(O)COc1c(C)cccc1C. The predicted octanol–water partition coefficient (Wildman–Crippen LogP) is 2.38. The summed E-state index contributed by atoms with van der Waals surface area (Å²) >= 11 is 1.80. The Morgan fingerprint density at radius 1 is 1.32 bits per heavy atom. The van der Waals surface area contributed by atoms with Crippen LogP contribution in [0.4, 0.5) is 0 Å².